The van der Waals surface area contributed by atoms with E-state index >= 15 is 0 Å². The molecule has 0 aromatic heterocycles. The molecule has 2 unspecified atom stereocenters. The van der Waals surface area contributed by atoms with Crippen LogP contribution in [0.1, 0.15) is 46.0 Å². The summed E-state index contributed by atoms with van der Waals surface area (Å²) >= 11 is 0. The fourth-order valence-electron chi connectivity index (χ4n) is 1.89. The molecule has 0 saturated carbocycles. The molecule has 0 aliphatic carbocycles. The number of carbonyl (C=O) groups is 2. The molecule has 1 saturated heterocycles. The Morgan fingerprint density at radius 3 is 2.75 bits per heavy atom. The summed E-state index contributed by atoms with van der Waals surface area (Å²) in [6.07, 6.45) is 3.21. The van der Waals surface area contributed by atoms with Crippen LogP contribution in [0.3, 0.4) is 0 Å². The summed E-state index contributed by atoms with van der Waals surface area (Å²) in [5, 5.41) is 0. The van der Waals surface area contributed by atoms with Crippen molar-refractivity contribution in [3.8, 4) is 0 Å². The fourth-order valence-corrected chi connectivity index (χ4v) is 1.89. The summed E-state index contributed by atoms with van der Waals surface area (Å²) in [6.45, 7) is 8.01. The number of esters is 2. The van der Waals surface area contributed by atoms with Gasteiger partial charge in [0.25, 0.3) is 0 Å². The van der Waals surface area contributed by atoms with Crippen molar-refractivity contribution < 1.29 is 23.8 Å². The van der Waals surface area contributed by atoms with Crippen LogP contribution in [0.25, 0.3) is 0 Å². The van der Waals surface area contributed by atoms with Crippen molar-refractivity contribution in [2.45, 2.75) is 58.2 Å². The number of rotatable bonds is 8. The second kappa shape index (κ2) is 8.74. The minimum atomic E-state index is -0.847. The Morgan fingerprint density at radius 1 is 1.45 bits per heavy atom. The highest BCUT2D eigenvalue weighted by molar-refractivity contribution is 5.89. The molecule has 0 amide bonds. The first-order valence-electron chi connectivity index (χ1n) is 7.19. The Morgan fingerprint density at radius 2 is 2.20 bits per heavy atom. The van der Waals surface area contributed by atoms with Gasteiger partial charge in [0.2, 0.25) is 0 Å². The predicted octanol–water partition coefficient (Wildman–Crippen LogP) is 2.39. The Bertz CT molecular complexity index is 344. The largest absolute Gasteiger partial charge is 0.460 e. The van der Waals surface area contributed by atoms with E-state index in [0.717, 1.165) is 25.7 Å². The SMILES string of the molecule is C=C(C)C(=O)OC(CCCC)C(=O)OCC1CCCO1. The third-order valence-corrected chi connectivity index (χ3v) is 3.12. The van der Waals surface area contributed by atoms with Gasteiger partial charge in [-0.2, -0.15) is 0 Å². The lowest BCUT2D eigenvalue weighted by Crippen LogP contribution is -2.31. The molecule has 5 heteroatoms. The van der Waals surface area contributed by atoms with Crippen molar-refractivity contribution in [2.75, 3.05) is 13.2 Å². The normalized spacial score (nSPS) is 19.4. The van der Waals surface area contributed by atoms with E-state index in [0.29, 0.717) is 13.0 Å². The van der Waals surface area contributed by atoms with Gasteiger partial charge >= 0.3 is 11.9 Å². The molecular formula is C15H24O5. The Balaban J connectivity index is 2.45. The smallest absolute Gasteiger partial charge is 0.347 e. The van der Waals surface area contributed by atoms with E-state index in [2.05, 4.69) is 6.58 Å². The molecule has 1 heterocycles. The van der Waals surface area contributed by atoms with Crippen molar-refractivity contribution in [3.05, 3.63) is 12.2 Å². The number of hydrogen-bond acceptors (Lipinski definition) is 5. The van der Waals surface area contributed by atoms with Gasteiger partial charge in [0.15, 0.2) is 6.10 Å². The lowest BCUT2D eigenvalue weighted by molar-refractivity contribution is -0.168. The molecule has 0 aromatic rings. The topological polar surface area (TPSA) is 61.8 Å². The first-order valence-corrected chi connectivity index (χ1v) is 7.19. The van der Waals surface area contributed by atoms with E-state index in [9.17, 15) is 9.59 Å². The van der Waals surface area contributed by atoms with Crippen LogP contribution in [0.2, 0.25) is 0 Å². The standard InChI is InChI=1S/C15H24O5/c1-4-5-8-13(20-14(16)11(2)3)15(17)19-10-12-7-6-9-18-12/h12-13H,2,4-10H2,1,3H3. The highest BCUT2D eigenvalue weighted by Crippen LogP contribution is 2.14. The van der Waals surface area contributed by atoms with Gasteiger partial charge in [-0.3, -0.25) is 0 Å². The molecule has 0 radical (unpaired) electrons. The van der Waals surface area contributed by atoms with Gasteiger partial charge in [-0.05, 0) is 32.6 Å². The molecule has 0 bridgehead atoms. The molecule has 0 N–H and O–H groups in total. The number of carbonyl (C=O) groups excluding carboxylic acids is 2. The van der Waals surface area contributed by atoms with Gasteiger partial charge < -0.3 is 14.2 Å². The molecule has 20 heavy (non-hydrogen) atoms. The maximum absolute atomic E-state index is 12.0. The zero-order valence-corrected chi connectivity index (χ0v) is 12.4. The van der Waals surface area contributed by atoms with Gasteiger partial charge in [-0.25, -0.2) is 9.59 Å². The summed E-state index contributed by atoms with van der Waals surface area (Å²) in [5.74, 6) is -1.05. The first kappa shape index (κ1) is 16.7. The quantitative estimate of drug-likeness (QED) is 0.506. The van der Waals surface area contributed by atoms with Crippen LogP contribution in [0.15, 0.2) is 12.2 Å². The van der Waals surface area contributed by atoms with Crippen LogP contribution in [0.5, 0.6) is 0 Å². The number of unbranched alkanes of at least 4 members (excludes halogenated alkanes) is 1. The van der Waals surface area contributed by atoms with Gasteiger partial charge in [-0.15, -0.1) is 0 Å². The molecule has 2 atom stereocenters. The second-order valence-corrected chi connectivity index (χ2v) is 5.08. The molecule has 5 nitrogen and oxygen atoms in total. The van der Waals surface area contributed by atoms with Crippen LogP contribution in [0, 0.1) is 0 Å². The molecule has 0 spiro atoms. The Labute approximate surface area is 120 Å². The molecule has 1 aliphatic rings. The van der Waals surface area contributed by atoms with Crippen molar-refractivity contribution >= 4 is 11.9 Å². The van der Waals surface area contributed by atoms with Crippen molar-refractivity contribution in [1.82, 2.24) is 0 Å². The minimum Gasteiger partial charge on any atom is -0.460 e. The minimum absolute atomic E-state index is 0.0254. The zero-order chi connectivity index (χ0) is 15.0. The van der Waals surface area contributed by atoms with E-state index in [1.807, 2.05) is 6.92 Å². The average Bonchev–Trinajstić information content (AvgIpc) is 2.93. The molecule has 1 fully saturated rings. The van der Waals surface area contributed by atoms with Gasteiger partial charge in [-0.1, -0.05) is 19.9 Å². The van der Waals surface area contributed by atoms with Crippen molar-refractivity contribution in [1.29, 1.82) is 0 Å². The van der Waals surface area contributed by atoms with E-state index in [1.165, 1.54) is 0 Å². The van der Waals surface area contributed by atoms with Gasteiger partial charge in [0.05, 0.1) is 6.10 Å². The van der Waals surface area contributed by atoms with Crippen molar-refractivity contribution in [2.24, 2.45) is 0 Å². The average molecular weight is 284 g/mol. The lowest BCUT2D eigenvalue weighted by Gasteiger charge is -2.18. The lowest BCUT2D eigenvalue weighted by atomic mass is 10.1. The Hall–Kier alpha value is -1.36. The van der Waals surface area contributed by atoms with E-state index in [4.69, 9.17) is 14.2 Å². The van der Waals surface area contributed by atoms with E-state index in [-0.39, 0.29) is 18.3 Å². The summed E-state index contributed by atoms with van der Waals surface area (Å²) in [5.41, 5.74) is 0.276. The maximum atomic E-state index is 12.0. The Kier molecular flexibility index (Phi) is 7.30. The summed E-state index contributed by atoms with van der Waals surface area (Å²) in [6, 6.07) is 0. The van der Waals surface area contributed by atoms with E-state index < -0.39 is 18.0 Å². The number of ether oxygens (including phenoxy) is 3. The monoisotopic (exact) mass is 284 g/mol. The first-order chi connectivity index (χ1) is 9.54. The van der Waals surface area contributed by atoms with Gasteiger partial charge in [0.1, 0.15) is 6.61 Å². The van der Waals surface area contributed by atoms with E-state index in [1.54, 1.807) is 6.92 Å². The van der Waals surface area contributed by atoms with Crippen LogP contribution < -0.4 is 0 Å². The molecule has 1 aliphatic heterocycles. The highest BCUT2D eigenvalue weighted by Gasteiger charge is 2.26. The van der Waals surface area contributed by atoms with Gasteiger partial charge in [0, 0.05) is 12.2 Å². The van der Waals surface area contributed by atoms with Crippen LogP contribution in [0.4, 0.5) is 0 Å². The van der Waals surface area contributed by atoms with Crippen LogP contribution in [-0.2, 0) is 23.8 Å². The summed E-state index contributed by atoms with van der Waals surface area (Å²) < 4.78 is 15.7. The number of hydrogen-bond donors (Lipinski definition) is 0. The fraction of sp³-hybridized carbons (Fsp3) is 0.733. The van der Waals surface area contributed by atoms with Crippen LogP contribution >= 0.6 is 0 Å². The summed E-state index contributed by atoms with van der Waals surface area (Å²) in [4.78, 5) is 23.5. The summed E-state index contributed by atoms with van der Waals surface area (Å²) in [7, 11) is 0. The zero-order valence-electron chi connectivity index (χ0n) is 12.4. The maximum Gasteiger partial charge on any atom is 0.347 e. The molecular weight excluding hydrogens is 260 g/mol. The molecule has 114 valence electrons. The van der Waals surface area contributed by atoms with Crippen molar-refractivity contribution in [3.63, 3.8) is 0 Å². The van der Waals surface area contributed by atoms with Crippen LogP contribution in [-0.4, -0.2) is 37.4 Å². The molecule has 1 rings (SSSR count). The second-order valence-electron chi connectivity index (χ2n) is 5.08. The highest BCUT2D eigenvalue weighted by atomic mass is 16.6. The third kappa shape index (κ3) is 5.74. The third-order valence-electron chi connectivity index (χ3n) is 3.12. The molecule has 0 aromatic carbocycles. The predicted molar refractivity (Wildman–Crippen MR) is 74.2 cm³/mol.